The molecule has 6 heteroatoms. The number of carbonyl (C=O) groups excluding carboxylic acids is 2. The van der Waals surface area contributed by atoms with E-state index in [4.69, 9.17) is 9.47 Å². The van der Waals surface area contributed by atoms with Crippen LogP contribution in [0.2, 0.25) is 0 Å². The van der Waals surface area contributed by atoms with Gasteiger partial charge in [0.2, 0.25) is 0 Å². The normalized spacial score (nSPS) is 11.9. The number of carbonyl (C=O) groups is 2. The Hall–Kier alpha value is -2.99. The van der Waals surface area contributed by atoms with Crippen LogP contribution in [0, 0.1) is 0 Å². The minimum Gasteiger partial charge on any atom is -0.460 e. The van der Waals surface area contributed by atoms with Crippen molar-refractivity contribution in [1.29, 1.82) is 0 Å². The Morgan fingerprint density at radius 1 is 1.15 bits per heavy atom. The summed E-state index contributed by atoms with van der Waals surface area (Å²) in [6, 6.07) is 12.6. The minimum atomic E-state index is -0.533. The minimum absolute atomic E-state index is 0.0627. The molecule has 0 N–H and O–H groups in total. The summed E-state index contributed by atoms with van der Waals surface area (Å²) in [7, 11) is 0. The molecule has 3 rings (SSSR count). The lowest BCUT2D eigenvalue weighted by Gasteiger charge is -2.12. The first-order chi connectivity index (χ1) is 13.0. The van der Waals surface area contributed by atoms with E-state index in [1.807, 2.05) is 24.3 Å². The van der Waals surface area contributed by atoms with Crippen LogP contribution in [0.1, 0.15) is 19.8 Å². The van der Waals surface area contributed by atoms with Gasteiger partial charge in [0.05, 0.1) is 11.5 Å². The predicted molar refractivity (Wildman–Crippen MR) is 106 cm³/mol. The first kappa shape index (κ1) is 18.8. The summed E-state index contributed by atoms with van der Waals surface area (Å²) in [5.74, 6) is -0.768. The van der Waals surface area contributed by atoms with Crippen LogP contribution in [-0.2, 0) is 14.3 Å². The van der Waals surface area contributed by atoms with E-state index in [9.17, 15) is 14.4 Å². The monoisotopic (exact) mass is 382 g/mol. The molecule has 0 amide bonds. The summed E-state index contributed by atoms with van der Waals surface area (Å²) in [5.41, 5.74) is -0.156. The number of esters is 2. The molecule has 0 saturated heterocycles. The van der Waals surface area contributed by atoms with Crippen LogP contribution in [0.5, 0.6) is 5.75 Å². The molecule has 1 unspecified atom stereocenters. The first-order valence-corrected chi connectivity index (χ1v) is 9.29. The third kappa shape index (κ3) is 4.23. The standard InChI is InChI=1S/C21H18O5S/c1-3-18(22)25-13(2)11-12-19(23)26-15-8-6-10-17-20(15)21(24)14-7-4-5-9-16(14)27-17/h3-10,13H,1,11-12H2,2H3. The number of rotatable bonds is 6. The third-order valence-electron chi connectivity index (χ3n) is 4.03. The van der Waals surface area contributed by atoms with Gasteiger partial charge in [-0.1, -0.05) is 24.8 Å². The molecule has 0 spiro atoms. The largest absolute Gasteiger partial charge is 0.460 e. The Balaban J connectivity index is 1.82. The van der Waals surface area contributed by atoms with Crippen molar-refractivity contribution in [3.8, 4) is 5.75 Å². The summed E-state index contributed by atoms with van der Waals surface area (Å²) in [6.45, 7) is 5.02. The van der Waals surface area contributed by atoms with E-state index in [1.165, 1.54) is 11.3 Å². The molecule has 0 bridgehead atoms. The van der Waals surface area contributed by atoms with Crippen molar-refractivity contribution in [1.82, 2.24) is 0 Å². The van der Waals surface area contributed by atoms with Crippen molar-refractivity contribution in [2.75, 3.05) is 0 Å². The van der Waals surface area contributed by atoms with E-state index in [0.717, 1.165) is 15.5 Å². The van der Waals surface area contributed by atoms with Crippen LogP contribution < -0.4 is 10.2 Å². The number of hydrogen-bond acceptors (Lipinski definition) is 6. The molecule has 0 saturated carbocycles. The van der Waals surface area contributed by atoms with Gasteiger partial charge in [0.1, 0.15) is 5.75 Å². The molecule has 0 aliphatic rings. The van der Waals surface area contributed by atoms with E-state index in [1.54, 1.807) is 25.1 Å². The van der Waals surface area contributed by atoms with Crippen LogP contribution in [0.4, 0.5) is 0 Å². The molecule has 0 aliphatic heterocycles. The zero-order valence-corrected chi connectivity index (χ0v) is 15.6. The Morgan fingerprint density at radius 2 is 1.89 bits per heavy atom. The van der Waals surface area contributed by atoms with Gasteiger partial charge in [0, 0.05) is 27.3 Å². The number of benzene rings is 2. The van der Waals surface area contributed by atoms with E-state index in [0.29, 0.717) is 17.2 Å². The Labute approximate surface area is 159 Å². The maximum atomic E-state index is 12.9. The fourth-order valence-electron chi connectivity index (χ4n) is 2.70. The topological polar surface area (TPSA) is 69.7 Å². The molecule has 3 aromatic rings. The van der Waals surface area contributed by atoms with Crippen molar-refractivity contribution in [3.05, 3.63) is 65.3 Å². The lowest BCUT2D eigenvalue weighted by Crippen LogP contribution is -2.17. The second kappa shape index (κ2) is 8.14. The molecular weight excluding hydrogens is 364 g/mol. The highest BCUT2D eigenvalue weighted by molar-refractivity contribution is 7.24. The van der Waals surface area contributed by atoms with E-state index < -0.39 is 18.0 Å². The summed E-state index contributed by atoms with van der Waals surface area (Å²) >= 11 is 1.48. The van der Waals surface area contributed by atoms with Crippen molar-refractivity contribution < 1.29 is 19.1 Å². The van der Waals surface area contributed by atoms with Gasteiger partial charge in [-0.2, -0.15) is 0 Å². The van der Waals surface area contributed by atoms with Crippen molar-refractivity contribution >= 4 is 43.4 Å². The molecule has 0 aliphatic carbocycles. The second-order valence-corrected chi connectivity index (χ2v) is 7.10. The average molecular weight is 382 g/mol. The van der Waals surface area contributed by atoms with Crippen LogP contribution in [0.15, 0.2) is 59.9 Å². The van der Waals surface area contributed by atoms with Gasteiger partial charge in [-0.05, 0) is 37.6 Å². The molecule has 138 valence electrons. The predicted octanol–water partition coefficient (Wildman–Crippen LogP) is 4.22. The Kier molecular flexibility index (Phi) is 5.66. The quantitative estimate of drug-likeness (QED) is 0.276. The lowest BCUT2D eigenvalue weighted by molar-refractivity contribution is -0.144. The van der Waals surface area contributed by atoms with Gasteiger partial charge in [0.25, 0.3) is 0 Å². The van der Waals surface area contributed by atoms with Gasteiger partial charge >= 0.3 is 11.9 Å². The molecule has 5 nitrogen and oxygen atoms in total. The number of fused-ring (bicyclic) bond motifs is 2. The molecular formula is C21H18O5S. The summed E-state index contributed by atoms with van der Waals surface area (Å²) in [6.07, 6.45) is 1.02. The fourth-order valence-corrected chi connectivity index (χ4v) is 3.80. The maximum Gasteiger partial charge on any atom is 0.330 e. The van der Waals surface area contributed by atoms with E-state index >= 15 is 0 Å². The van der Waals surface area contributed by atoms with Crippen molar-refractivity contribution in [2.24, 2.45) is 0 Å². The van der Waals surface area contributed by atoms with Gasteiger partial charge < -0.3 is 9.47 Å². The van der Waals surface area contributed by atoms with Crippen molar-refractivity contribution in [3.63, 3.8) is 0 Å². The summed E-state index contributed by atoms with van der Waals surface area (Å²) < 4.78 is 12.1. The maximum absolute atomic E-state index is 12.9. The lowest BCUT2D eigenvalue weighted by atomic mass is 10.1. The van der Waals surface area contributed by atoms with E-state index in [-0.39, 0.29) is 17.6 Å². The zero-order valence-electron chi connectivity index (χ0n) is 14.8. The third-order valence-corrected chi connectivity index (χ3v) is 5.17. The van der Waals surface area contributed by atoms with Crippen LogP contribution in [0.3, 0.4) is 0 Å². The Morgan fingerprint density at radius 3 is 2.67 bits per heavy atom. The van der Waals surface area contributed by atoms with Crippen molar-refractivity contribution in [2.45, 2.75) is 25.9 Å². The van der Waals surface area contributed by atoms with Gasteiger partial charge in [-0.25, -0.2) is 4.79 Å². The van der Waals surface area contributed by atoms with E-state index in [2.05, 4.69) is 6.58 Å². The molecule has 1 aromatic heterocycles. The number of ether oxygens (including phenoxy) is 2. The van der Waals surface area contributed by atoms with Crippen LogP contribution in [-0.4, -0.2) is 18.0 Å². The van der Waals surface area contributed by atoms with Gasteiger partial charge in [-0.3, -0.25) is 9.59 Å². The molecule has 27 heavy (non-hydrogen) atoms. The highest BCUT2D eigenvalue weighted by Gasteiger charge is 2.15. The number of hydrogen-bond donors (Lipinski definition) is 0. The first-order valence-electron chi connectivity index (χ1n) is 8.48. The molecule has 2 aromatic carbocycles. The summed E-state index contributed by atoms with van der Waals surface area (Å²) in [4.78, 5) is 36.2. The Bertz CT molecular complexity index is 1080. The fraction of sp³-hybridized carbons (Fsp3) is 0.190. The molecule has 1 atom stereocenters. The highest BCUT2D eigenvalue weighted by atomic mass is 32.1. The SMILES string of the molecule is C=CC(=O)OC(C)CCC(=O)Oc1cccc2sc3ccccc3c(=O)c12. The van der Waals surface area contributed by atoms with Gasteiger partial charge in [0.15, 0.2) is 5.43 Å². The average Bonchev–Trinajstić information content (AvgIpc) is 2.66. The molecule has 0 fully saturated rings. The summed E-state index contributed by atoms with van der Waals surface area (Å²) in [5, 5.41) is 1.00. The van der Waals surface area contributed by atoms with Crippen LogP contribution in [0.25, 0.3) is 20.2 Å². The second-order valence-electron chi connectivity index (χ2n) is 6.02. The van der Waals surface area contributed by atoms with Gasteiger partial charge in [-0.15, -0.1) is 11.3 Å². The smallest absolute Gasteiger partial charge is 0.330 e. The highest BCUT2D eigenvalue weighted by Crippen LogP contribution is 2.30. The molecule has 0 radical (unpaired) electrons. The zero-order chi connectivity index (χ0) is 19.4. The molecule has 1 heterocycles. The van der Waals surface area contributed by atoms with Crippen LogP contribution >= 0.6 is 11.3 Å².